The van der Waals surface area contributed by atoms with Crippen LogP contribution in [0.3, 0.4) is 0 Å². The van der Waals surface area contributed by atoms with Crippen molar-refractivity contribution in [2.45, 2.75) is 26.6 Å². The smallest absolute Gasteiger partial charge is 0.387 e. The van der Waals surface area contributed by atoms with Crippen molar-refractivity contribution in [3.63, 3.8) is 0 Å². The lowest BCUT2D eigenvalue weighted by atomic mass is 10.2. The van der Waals surface area contributed by atoms with E-state index in [0.29, 0.717) is 11.3 Å². The SMILES string of the molecule is C=Cc1cc(OC(C)C)cc(OC(F)F)c1. The molecule has 0 aliphatic carbocycles. The summed E-state index contributed by atoms with van der Waals surface area (Å²) < 4.78 is 33.8. The molecule has 88 valence electrons. The van der Waals surface area contributed by atoms with Crippen LogP contribution in [0.1, 0.15) is 19.4 Å². The summed E-state index contributed by atoms with van der Waals surface area (Å²) in [5, 5.41) is 0. The second-order valence-corrected chi connectivity index (χ2v) is 3.49. The van der Waals surface area contributed by atoms with E-state index in [9.17, 15) is 8.78 Å². The number of rotatable bonds is 5. The summed E-state index contributed by atoms with van der Waals surface area (Å²) in [5.41, 5.74) is 0.675. The maximum Gasteiger partial charge on any atom is 0.387 e. The fourth-order valence-electron chi connectivity index (χ4n) is 1.22. The van der Waals surface area contributed by atoms with Gasteiger partial charge in [0.1, 0.15) is 11.5 Å². The summed E-state index contributed by atoms with van der Waals surface area (Å²) in [6.45, 7) is 4.44. The Kier molecular flexibility index (Phi) is 4.28. The predicted molar refractivity (Wildman–Crippen MR) is 58.9 cm³/mol. The van der Waals surface area contributed by atoms with E-state index in [1.54, 1.807) is 12.1 Å². The maximum atomic E-state index is 12.1. The van der Waals surface area contributed by atoms with E-state index in [4.69, 9.17) is 4.74 Å². The highest BCUT2D eigenvalue weighted by Gasteiger charge is 2.07. The van der Waals surface area contributed by atoms with Crippen molar-refractivity contribution in [2.75, 3.05) is 0 Å². The van der Waals surface area contributed by atoms with Gasteiger partial charge < -0.3 is 9.47 Å². The van der Waals surface area contributed by atoms with Crippen LogP contribution in [0.15, 0.2) is 24.8 Å². The van der Waals surface area contributed by atoms with E-state index < -0.39 is 6.61 Å². The molecule has 1 aromatic rings. The minimum absolute atomic E-state index is 0.0283. The first-order valence-corrected chi connectivity index (χ1v) is 4.90. The average Bonchev–Trinajstić information content (AvgIpc) is 2.14. The first-order chi connectivity index (χ1) is 7.51. The zero-order valence-corrected chi connectivity index (χ0v) is 9.24. The van der Waals surface area contributed by atoms with Gasteiger partial charge in [0.2, 0.25) is 0 Å². The van der Waals surface area contributed by atoms with Crippen LogP contribution in [0.5, 0.6) is 11.5 Å². The number of ether oxygens (including phenoxy) is 2. The molecule has 0 atom stereocenters. The molecule has 4 heteroatoms. The lowest BCUT2D eigenvalue weighted by molar-refractivity contribution is -0.0499. The molecule has 0 aliphatic heterocycles. The topological polar surface area (TPSA) is 18.5 Å². The van der Waals surface area contributed by atoms with Crippen LogP contribution < -0.4 is 9.47 Å². The molecule has 0 saturated carbocycles. The van der Waals surface area contributed by atoms with Crippen LogP contribution in [0, 0.1) is 0 Å². The Morgan fingerprint density at radius 1 is 1.12 bits per heavy atom. The molecule has 16 heavy (non-hydrogen) atoms. The van der Waals surface area contributed by atoms with E-state index in [1.807, 2.05) is 13.8 Å². The van der Waals surface area contributed by atoms with E-state index in [-0.39, 0.29) is 11.9 Å². The minimum atomic E-state index is -2.84. The molecule has 0 bridgehead atoms. The van der Waals surface area contributed by atoms with Gasteiger partial charge in [-0.15, -0.1) is 0 Å². The highest BCUT2D eigenvalue weighted by Crippen LogP contribution is 2.25. The summed E-state index contributed by atoms with van der Waals surface area (Å²) in [6.07, 6.45) is 1.52. The minimum Gasteiger partial charge on any atom is -0.491 e. The van der Waals surface area contributed by atoms with E-state index in [0.717, 1.165) is 0 Å². The predicted octanol–water partition coefficient (Wildman–Crippen LogP) is 3.72. The van der Waals surface area contributed by atoms with Crippen LogP contribution in [0.4, 0.5) is 8.78 Å². The average molecular weight is 228 g/mol. The Hall–Kier alpha value is -1.58. The first-order valence-electron chi connectivity index (χ1n) is 4.90. The summed E-state index contributed by atoms with van der Waals surface area (Å²) in [7, 11) is 0. The number of halogens is 2. The second kappa shape index (κ2) is 5.49. The van der Waals surface area contributed by atoms with Crippen LogP contribution in [0.25, 0.3) is 6.08 Å². The molecule has 0 unspecified atom stereocenters. The van der Waals surface area contributed by atoms with Crippen molar-refractivity contribution in [2.24, 2.45) is 0 Å². The molecule has 1 aromatic carbocycles. The quantitative estimate of drug-likeness (QED) is 0.764. The van der Waals surface area contributed by atoms with Crippen molar-refractivity contribution in [3.05, 3.63) is 30.3 Å². The van der Waals surface area contributed by atoms with Crippen LogP contribution in [-0.2, 0) is 0 Å². The highest BCUT2D eigenvalue weighted by molar-refractivity contribution is 5.53. The molecule has 0 aromatic heterocycles. The fourth-order valence-corrected chi connectivity index (χ4v) is 1.22. The second-order valence-electron chi connectivity index (χ2n) is 3.49. The van der Waals surface area contributed by atoms with Crippen molar-refractivity contribution < 1.29 is 18.3 Å². The van der Waals surface area contributed by atoms with Gasteiger partial charge in [0.15, 0.2) is 0 Å². The zero-order valence-electron chi connectivity index (χ0n) is 9.24. The Morgan fingerprint density at radius 3 is 2.12 bits per heavy atom. The van der Waals surface area contributed by atoms with Crippen molar-refractivity contribution >= 4 is 6.08 Å². The Labute approximate surface area is 93.5 Å². The van der Waals surface area contributed by atoms with Gasteiger partial charge in [-0.3, -0.25) is 0 Å². The lowest BCUT2D eigenvalue weighted by Gasteiger charge is -2.12. The molecule has 0 heterocycles. The van der Waals surface area contributed by atoms with Gasteiger partial charge in [-0.2, -0.15) is 8.78 Å². The van der Waals surface area contributed by atoms with Gasteiger partial charge in [0.25, 0.3) is 0 Å². The Bertz CT molecular complexity index is 334. The first kappa shape index (κ1) is 12.5. The molecule has 0 fully saturated rings. The maximum absolute atomic E-state index is 12.1. The third-order valence-electron chi connectivity index (χ3n) is 1.74. The summed E-state index contributed by atoms with van der Waals surface area (Å²) in [6, 6.07) is 4.62. The monoisotopic (exact) mass is 228 g/mol. The van der Waals surface area contributed by atoms with Gasteiger partial charge in [0, 0.05) is 6.07 Å². The number of hydrogen-bond donors (Lipinski definition) is 0. The largest absolute Gasteiger partial charge is 0.491 e. The van der Waals surface area contributed by atoms with Crippen LogP contribution in [-0.4, -0.2) is 12.7 Å². The molecule has 0 amide bonds. The van der Waals surface area contributed by atoms with Gasteiger partial charge in [-0.25, -0.2) is 0 Å². The molecule has 0 radical (unpaired) electrons. The standard InChI is InChI=1S/C12H14F2O2/c1-4-9-5-10(15-8(2)3)7-11(6-9)16-12(13)14/h4-8,12H,1H2,2-3H3. The van der Waals surface area contributed by atoms with E-state index in [2.05, 4.69) is 11.3 Å². The summed E-state index contributed by atoms with van der Waals surface area (Å²) in [5.74, 6) is 0.561. The van der Waals surface area contributed by atoms with Gasteiger partial charge in [0.05, 0.1) is 6.10 Å². The molecule has 0 aliphatic rings. The zero-order chi connectivity index (χ0) is 12.1. The van der Waals surface area contributed by atoms with E-state index >= 15 is 0 Å². The number of hydrogen-bond acceptors (Lipinski definition) is 2. The number of benzene rings is 1. The Balaban J connectivity index is 2.95. The highest BCUT2D eigenvalue weighted by atomic mass is 19.3. The summed E-state index contributed by atoms with van der Waals surface area (Å²) in [4.78, 5) is 0. The fraction of sp³-hybridized carbons (Fsp3) is 0.333. The summed E-state index contributed by atoms with van der Waals surface area (Å²) >= 11 is 0. The normalized spacial score (nSPS) is 10.6. The van der Waals surface area contributed by atoms with Gasteiger partial charge in [-0.05, 0) is 31.5 Å². The van der Waals surface area contributed by atoms with Crippen molar-refractivity contribution in [3.8, 4) is 11.5 Å². The molecule has 0 saturated heterocycles. The number of alkyl halides is 2. The third kappa shape index (κ3) is 3.88. The van der Waals surface area contributed by atoms with Crippen LogP contribution in [0.2, 0.25) is 0 Å². The molecule has 0 N–H and O–H groups in total. The lowest BCUT2D eigenvalue weighted by Crippen LogP contribution is -2.07. The molecular formula is C12H14F2O2. The Morgan fingerprint density at radius 2 is 1.69 bits per heavy atom. The van der Waals surface area contributed by atoms with Crippen molar-refractivity contribution in [1.82, 2.24) is 0 Å². The van der Waals surface area contributed by atoms with Crippen molar-refractivity contribution in [1.29, 1.82) is 0 Å². The molecule has 0 spiro atoms. The molecule has 1 rings (SSSR count). The van der Waals surface area contributed by atoms with Gasteiger partial charge in [-0.1, -0.05) is 12.7 Å². The molecular weight excluding hydrogens is 214 g/mol. The molecule has 2 nitrogen and oxygen atoms in total. The third-order valence-corrected chi connectivity index (χ3v) is 1.74. The van der Waals surface area contributed by atoms with Gasteiger partial charge >= 0.3 is 6.61 Å². The van der Waals surface area contributed by atoms with Crippen LogP contribution >= 0.6 is 0 Å². The van der Waals surface area contributed by atoms with E-state index in [1.165, 1.54) is 12.1 Å².